The molecule has 0 fully saturated rings. The number of hydrogen-bond acceptors (Lipinski definition) is 4. The Kier molecular flexibility index (Phi) is 4.32. The van der Waals surface area contributed by atoms with Crippen LogP contribution in [-0.2, 0) is 10.0 Å². The average molecular weight is 308 g/mol. The van der Waals surface area contributed by atoms with Crippen LogP contribution in [-0.4, -0.2) is 30.7 Å². The Morgan fingerprint density at radius 3 is 2.71 bits per heavy atom. The Labute approximate surface area is 125 Å². The number of benzene rings is 1. The van der Waals surface area contributed by atoms with Crippen LogP contribution in [0.1, 0.15) is 25.8 Å². The van der Waals surface area contributed by atoms with Crippen LogP contribution >= 0.6 is 0 Å². The van der Waals surface area contributed by atoms with Gasteiger partial charge in [0.2, 0.25) is 10.0 Å². The molecule has 0 atom stereocenters. The number of para-hydroxylation sites is 1. The third-order valence-corrected chi connectivity index (χ3v) is 4.98. The highest BCUT2D eigenvalue weighted by atomic mass is 32.2. The van der Waals surface area contributed by atoms with Crippen LogP contribution in [0.2, 0.25) is 0 Å². The molecule has 6 heteroatoms. The van der Waals surface area contributed by atoms with Crippen LogP contribution in [0.5, 0.6) is 0 Å². The van der Waals surface area contributed by atoms with Crippen LogP contribution in [0, 0.1) is 6.92 Å². The lowest BCUT2D eigenvalue weighted by molar-refractivity contribution is 0.246. The molecule has 0 bridgehead atoms. The van der Waals surface area contributed by atoms with Gasteiger partial charge in [-0.25, -0.2) is 13.1 Å². The van der Waals surface area contributed by atoms with Crippen LogP contribution in [0.3, 0.4) is 0 Å². The van der Waals surface area contributed by atoms with Gasteiger partial charge >= 0.3 is 0 Å². The van der Waals surface area contributed by atoms with Gasteiger partial charge in [0.25, 0.3) is 0 Å². The second-order valence-corrected chi connectivity index (χ2v) is 7.45. The number of pyridine rings is 1. The fourth-order valence-corrected chi connectivity index (χ4v) is 3.83. The molecule has 1 heterocycles. The molecule has 0 aliphatic rings. The number of aromatic nitrogens is 1. The van der Waals surface area contributed by atoms with Crippen LogP contribution < -0.4 is 4.72 Å². The molecule has 0 spiro atoms. The summed E-state index contributed by atoms with van der Waals surface area (Å²) in [6.45, 7) is 5.31. The Morgan fingerprint density at radius 2 is 2.05 bits per heavy atom. The SMILES string of the molecule is Cc1cnc2c(S(=O)(=O)NC(C)(C)CCO)cccc2c1. The molecule has 0 unspecified atom stereocenters. The minimum Gasteiger partial charge on any atom is -0.396 e. The highest BCUT2D eigenvalue weighted by Crippen LogP contribution is 2.23. The third kappa shape index (κ3) is 3.58. The molecule has 2 rings (SSSR count). The fraction of sp³-hybridized carbons (Fsp3) is 0.400. The molecule has 0 saturated carbocycles. The van der Waals surface area contributed by atoms with E-state index in [1.165, 1.54) is 0 Å². The summed E-state index contributed by atoms with van der Waals surface area (Å²) in [5, 5.41) is 9.81. The van der Waals surface area contributed by atoms with Crippen molar-refractivity contribution in [3.8, 4) is 0 Å². The highest BCUT2D eigenvalue weighted by molar-refractivity contribution is 7.89. The molecular weight excluding hydrogens is 288 g/mol. The molecular formula is C15H20N2O3S. The number of nitrogens with zero attached hydrogens (tertiary/aromatic N) is 1. The molecule has 21 heavy (non-hydrogen) atoms. The lowest BCUT2D eigenvalue weighted by atomic mass is 10.0. The van der Waals surface area contributed by atoms with Gasteiger partial charge in [-0.3, -0.25) is 4.98 Å². The predicted molar refractivity (Wildman–Crippen MR) is 82.6 cm³/mol. The third-order valence-electron chi connectivity index (χ3n) is 3.25. The van der Waals surface area contributed by atoms with Crippen molar-refractivity contribution in [2.45, 2.75) is 37.6 Å². The molecule has 0 radical (unpaired) electrons. The molecule has 114 valence electrons. The topological polar surface area (TPSA) is 79.3 Å². The summed E-state index contributed by atoms with van der Waals surface area (Å²) in [5.74, 6) is 0. The van der Waals surface area contributed by atoms with Crippen LogP contribution in [0.25, 0.3) is 10.9 Å². The minimum atomic E-state index is -3.70. The molecule has 0 aliphatic heterocycles. The largest absolute Gasteiger partial charge is 0.396 e. The Balaban J connectivity index is 2.50. The second-order valence-electron chi connectivity index (χ2n) is 5.80. The Morgan fingerprint density at radius 1 is 1.33 bits per heavy atom. The molecule has 2 aromatic rings. The van der Waals surface area contributed by atoms with E-state index in [9.17, 15) is 8.42 Å². The molecule has 0 aliphatic carbocycles. The minimum absolute atomic E-state index is 0.0809. The first kappa shape index (κ1) is 15.9. The van der Waals surface area contributed by atoms with E-state index >= 15 is 0 Å². The fourth-order valence-electron chi connectivity index (χ4n) is 2.21. The maximum Gasteiger partial charge on any atom is 0.243 e. The summed E-state index contributed by atoms with van der Waals surface area (Å²) in [5.41, 5.74) is 0.710. The number of nitrogens with one attached hydrogen (secondary N) is 1. The number of aryl methyl sites for hydroxylation is 1. The normalized spacial score (nSPS) is 12.8. The van der Waals surface area contributed by atoms with Crippen molar-refractivity contribution in [3.05, 3.63) is 36.0 Å². The van der Waals surface area contributed by atoms with Gasteiger partial charge in [-0.2, -0.15) is 0 Å². The summed E-state index contributed by atoms with van der Waals surface area (Å²) in [4.78, 5) is 4.41. The van der Waals surface area contributed by atoms with Gasteiger partial charge < -0.3 is 5.11 Å². The molecule has 1 aromatic carbocycles. The van der Waals surface area contributed by atoms with Crippen molar-refractivity contribution in [1.29, 1.82) is 0 Å². The highest BCUT2D eigenvalue weighted by Gasteiger charge is 2.27. The zero-order chi connectivity index (χ0) is 15.7. The summed E-state index contributed by atoms with van der Waals surface area (Å²) in [6, 6.07) is 6.99. The van der Waals surface area contributed by atoms with E-state index in [1.54, 1.807) is 32.2 Å². The van der Waals surface area contributed by atoms with Crippen molar-refractivity contribution in [2.24, 2.45) is 0 Å². The number of rotatable bonds is 5. The second kappa shape index (κ2) is 5.71. The van der Waals surface area contributed by atoms with Gasteiger partial charge in [0.15, 0.2) is 0 Å². The first-order valence-electron chi connectivity index (χ1n) is 6.75. The van der Waals surface area contributed by atoms with E-state index in [0.29, 0.717) is 11.9 Å². The average Bonchev–Trinajstić information content (AvgIpc) is 2.36. The van der Waals surface area contributed by atoms with Crippen LogP contribution in [0.15, 0.2) is 35.4 Å². The summed E-state index contributed by atoms with van der Waals surface area (Å²) in [6.07, 6.45) is 1.99. The Hall–Kier alpha value is -1.50. The molecule has 2 N–H and O–H groups in total. The maximum absolute atomic E-state index is 12.6. The van der Waals surface area contributed by atoms with Crippen molar-refractivity contribution in [1.82, 2.24) is 9.71 Å². The monoisotopic (exact) mass is 308 g/mol. The molecule has 1 aromatic heterocycles. The summed E-state index contributed by atoms with van der Waals surface area (Å²) >= 11 is 0. The Bertz CT molecular complexity index is 755. The first-order chi connectivity index (χ1) is 9.75. The van der Waals surface area contributed by atoms with Gasteiger partial charge in [0.05, 0.1) is 5.52 Å². The lowest BCUT2D eigenvalue weighted by Gasteiger charge is -2.25. The van der Waals surface area contributed by atoms with E-state index < -0.39 is 15.6 Å². The van der Waals surface area contributed by atoms with Gasteiger partial charge in [-0.15, -0.1) is 0 Å². The van der Waals surface area contributed by atoms with E-state index in [2.05, 4.69) is 9.71 Å². The number of sulfonamides is 1. The van der Waals surface area contributed by atoms with Gasteiger partial charge in [0.1, 0.15) is 4.90 Å². The lowest BCUT2D eigenvalue weighted by Crippen LogP contribution is -2.44. The predicted octanol–water partition coefficient (Wildman–Crippen LogP) is 1.98. The smallest absolute Gasteiger partial charge is 0.243 e. The zero-order valence-corrected chi connectivity index (χ0v) is 13.2. The molecule has 5 nitrogen and oxygen atoms in total. The summed E-state index contributed by atoms with van der Waals surface area (Å²) < 4.78 is 27.8. The van der Waals surface area contributed by atoms with E-state index in [1.807, 2.05) is 19.1 Å². The molecule has 0 amide bonds. The van der Waals surface area contributed by atoms with Crippen molar-refractivity contribution in [2.75, 3.05) is 6.61 Å². The van der Waals surface area contributed by atoms with Crippen LogP contribution in [0.4, 0.5) is 0 Å². The maximum atomic E-state index is 12.6. The van der Waals surface area contributed by atoms with Crippen molar-refractivity contribution < 1.29 is 13.5 Å². The van der Waals surface area contributed by atoms with E-state index in [0.717, 1.165) is 10.9 Å². The van der Waals surface area contributed by atoms with Crippen molar-refractivity contribution in [3.63, 3.8) is 0 Å². The number of hydrogen-bond donors (Lipinski definition) is 2. The van der Waals surface area contributed by atoms with Gasteiger partial charge in [-0.05, 0) is 44.9 Å². The summed E-state index contributed by atoms with van der Waals surface area (Å²) in [7, 11) is -3.70. The van der Waals surface area contributed by atoms with E-state index in [-0.39, 0.29) is 11.5 Å². The van der Waals surface area contributed by atoms with Gasteiger partial charge in [0, 0.05) is 23.7 Å². The number of aliphatic hydroxyl groups is 1. The zero-order valence-electron chi connectivity index (χ0n) is 12.4. The van der Waals surface area contributed by atoms with E-state index in [4.69, 9.17) is 5.11 Å². The first-order valence-corrected chi connectivity index (χ1v) is 8.24. The number of fused-ring (bicyclic) bond motifs is 1. The quantitative estimate of drug-likeness (QED) is 0.885. The van der Waals surface area contributed by atoms with Gasteiger partial charge in [-0.1, -0.05) is 12.1 Å². The standard InChI is InChI=1S/C15H20N2O3S/c1-11-9-12-5-4-6-13(14(12)16-10-11)21(19,20)17-15(2,3)7-8-18/h4-6,9-10,17-18H,7-8H2,1-3H3. The van der Waals surface area contributed by atoms with Crippen molar-refractivity contribution >= 4 is 20.9 Å². The molecule has 0 saturated heterocycles. The number of aliphatic hydroxyl groups excluding tert-OH is 1.